The molecule has 1 heterocycles. The van der Waals surface area contributed by atoms with Crippen LogP contribution in [-0.2, 0) is 21.4 Å². The molecule has 1 atom stereocenters. The van der Waals surface area contributed by atoms with E-state index in [2.05, 4.69) is 20.7 Å². The van der Waals surface area contributed by atoms with Crippen LogP contribution in [0, 0.1) is 6.92 Å². The van der Waals surface area contributed by atoms with Crippen LogP contribution in [-0.4, -0.2) is 34.5 Å². The summed E-state index contributed by atoms with van der Waals surface area (Å²) in [6.07, 6.45) is 0. The van der Waals surface area contributed by atoms with E-state index in [1.165, 1.54) is 16.9 Å². The third-order valence-electron chi connectivity index (χ3n) is 4.21. The predicted octanol–water partition coefficient (Wildman–Crippen LogP) is 1.17. The fourth-order valence-corrected chi connectivity index (χ4v) is 3.20. The van der Waals surface area contributed by atoms with Crippen molar-refractivity contribution in [2.45, 2.75) is 31.3 Å². The van der Waals surface area contributed by atoms with Crippen LogP contribution in [0.15, 0.2) is 53.4 Å². The second kappa shape index (κ2) is 7.87. The fraction of sp³-hybridized carbons (Fsp3) is 0.222. The number of hydrogen-bond acceptors (Lipinski definition) is 6. The van der Waals surface area contributed by atoms with E-state index < -0.39 is 10.0 Å². The van der Waals surface area contributed by atoms with Gasteiger partial charge in [0.15, 0.2) is 0 Å². The van der Waals surface area contributed by atoms with Gasteiger partial charge in [0, 0.05) is 5.56 Å². The van der Waals surface area contributed by atoms with Crippen molar-refractivity contribution < 1.29 is 13.2 Å². The quantitative estimate of drug-likeness (QED) is 0.638. The van der Waals surface area contributed by atoms with Gasteiger partial charge in [-0.1, -0.05) is 36.4 Å². The Morgan fingerprint density at radius 2 is 1.86 bits per heavy atom. The number of rotatable bonds is 6. The first-order chi connectivity index (χ1) is 13.2. The maximum absolute atomic E-state index is 12.3. The summed E-state index contributed by atoms with van der Waals surface area (Å²) in [6, 6.07) is 13.3. The zero-order chi connectivity index (χ0) is 20.3. The molecular formula is C18H20N6O3S. The molecule has 2 aromatic carbocycles. The third kappa shape index (κ3) is 4.59. The Kier molecular flexibility index (Phi) is 5.52. The molecule has 0 radical (unpaired) electrons. The largest absolute Gasteiger partial charge is 0.348 e. The standard InChI is InChI=1S/C18H20N6O3S/c1-12-5-3-4-6-16(12)18-21-23-24(22-18)11-17(25)20-13(2)14-7-9-15(10-8-14)28(19,26)27/h3-10,13H,11H2,1-2H3,(H,20,25)(H2,19,26,27)/t13-/m1/s1. The van der Waals surface area contributed by atoms with Gasteiger partial charge in [-0.3, -0.25) is 4.79 Å². The Bertz CT molecular complexity index is 1090. The van der Waals surface area contributed by atoms with Gasteiger partial charge in [-0.05, 0) is 42.3 Å². The molecule has 0 saturated heterocycles. The molecule has 0 bridgehead atoms. The van der Waals surface area contributed by atoms with Crippen molar-refractivity contribution in [3.63, 3.8) is 0 Å². The summed E-state index contributed by atoms with van der Waals surface area (Å²) >= 11 is 0. The Morgan fingerprint density at radius 1 is 1.18 bits per heavy atom. The maximum atomic E-state index is 12.3. The molecule has 0 fully saturated rings. The molecule has 0 unspecified atom stereocenters. The number of amides is 1. The molecular weight excluding hydrogens is 380 g/mol. The fourth-order valence-electron chi connectivity index (χ4n) is 2.69. The van der Waals surface area contributed by atoms with Crippen LogP contribution in [0.5, 0.6) is 0 Å². The second-order valence-electron chi connectivity index (χ2n) is 6.36. The number of aromatic nitrogens is 4. The number of carbonyl (C=O) groups excluding carboxylic acids is 1. The minimum atomic E-state index is -3.75. The molecule has 0 aliphatic rings. The van der Waals surface area contributed by atoms with Gasteiger partial charge in [0.05, 0.1) is 10.9 Å². The van der Waals surface area contributed by atoms with E-state index >= 15 is 0 Å². The number of hydrogen-bond donors (Lipinski definition) is 2. The highest BCUT2D eigenvalue weighted by atomic mass is 32.2. The molecule has 28 heavy (non-hydrogen) atoms. The molecule has 146 valence electrons. The minimum absolute atomic E-state index is 0.0188. The number of tetrazole rings is 1. The van der Waals surface area contributed by atoms with Crippen LogP contribution in [0.1, 0.15) is 24.1 Å². The Morgan fingerprint density at radius 3 is 2.50 bits per heavy atom. The summed E-state index contributed by atoms with van der Waals surface area (Å²) in [5.74, 6) is 0.161. The van der Waals surface area contributed by atoms with Gasteiger partial charge in [-0.2, -0.15) is 4.80 Å². The number of nitrogens with one attached hydrogen (secondary N) is 1. The smallest absolute Gasteiger partial charge is 0.244 e. The molecule has 3 rings (SSSR count). The van der Waals surface area contributed by atoms with Crippen molar-refractivity contribution in [3.05, 3.63) is 59.7 Å². The highest BCUT2D eigenvalue weighted by Gasteiger charge is 2.14. The number of nitrogens with zero attached hydrogens (tertiary/aromatic N) is 4. The lowest BCUT2D eigenvalue weighted by atomic mass is 10.1. The van der Waals surface area contributed by atoms with E-state index in [0.717, 1.165) is 16.7 Å². The van der Waals surface area contributed by atoms with Gasteiger partial charge in [0.2, 0.25) is 21.8 Å². The zero-order valence-corrected chi connectivity index (χ0v) is 16.2. The molecule has 0 aliphatic heterocycles. The average molecular weight is 400 g/mol. The van der Waals surface area contributed by atoms with E-state index in [0.29, 0.717) is 5.82 Å². The number of benzene rings is 2. The molecule has 10 heteroatoms. The van der Waals surface area contributed by atoms with Gasteiger partial charge in [-0.15, -0.1) is 10.2 Å². The summed E-state index contributed by atoms with van der Waals surface area (Å²) in [6.45, 7) is 3.65. The van der Waals surface area contributed by atoms with E-state index in [4.69, 9.17) is 5.14 Å². The lowest BCUT2D eigenvalue weighted by molar-refractivity contribution is -0.122. The molecule has 1 aromatic heterocycles. The first-order valence-electron chi connectivity index (χ1n) is 8.50. The van der Waals surface area contributed by atoms with Gasteiger partial charge in [0.1, 0.15) is 6.54 Å². The van der Waals surface area contributed by atoms with Crippen molar-refractivity contribution in [2.24, 2.45) is 5.14 Å². The number of primary sulfonamides is 1. The molecule has 9 nitrogen and oxygen atoms in total. The van der Waals surface area contributed by atoms with Gasteiger partial charge >= 0.3 is 0 Å². The Balaban J connectivity index is 1.63. The first-order valence-corrected chi connectivity index (χ1v) is 10.0. The normalized spacial score (nSPS) is 12.5. The van der Waals surface area contributed by atoms with Crippen LogP contribution in [0.3, 0.4) is 0 Å². The Labute approximate surface area is 162 Å². The zero-order valence-electron chi connectivity index (χ0n) is 15.4. The van der Waals surface area contributed by atoms with Gasteiger partial charge < -0.3 is 5.32 Å². The number of nitrogens with two attached hydrogens (primary N) is 1. The van der Waals surface area contributed by atoms with Gasteiger partial charge in [-0.25, -0.2) is 13.6 Å². The van der Waals surface area contributed by atoms with Crippen LogP contribution >= 0.6 is 0 Å². The van der Waals surface area contributed by atoms with Crippen molar-refractivity contribution in [1.29, 1.82) is 0 Å². The van der Waals surface area contributed by atoms with E-state index in [1.54, 1.807) is 19.1 Å². The average Bonchev–Trinajstić information content (AvgIpc) is 3.09. The van der Waals surface area contributed by atoms with Crippen LogP contribution in [0.4, 0.5) is 0 Å². The summed E-state index contributed by atoms with van der Waals surface area (Å²) in [4.78, 5) is 13.5. The monoisotopic (exact) mass is 400 g/mol. The highest BCUT2D eigenvalue weighted by Crippen LogP contribution is 2.18. The molecule has 0 saturated carbocycles. The lowest BCUT2D eigenvalue weighted by Crippen LogP contribution is -2.30. The maximum Gasteiger partial charge on any atom is 0.244 e. The third-order valence-corrected chi connectivity index (χ3v) is 5.14. The van der Waals surface area contributed by atoms with Crippen molar-refractivity contribution in [3.8, 4) is 11.4 Å². The number of carbonyl (C=O) groups is 1. The SMILES string of the molecule is Cc1ccccc1-c1nnn(CC(=O)N[C@H](C)c2ccc(S(N)(=O)=O)cc2)n1. The highest BCUT2D eigenvalue weighted by molar-refractivity contribution is 7.89. The predicted molar refractivity (Wildman–Crippen MR) is 102 cm³/mol. The molecule has 0 aliphatic carbocycles. The van der Waals surface area contributed by atoms with E-state index in [-0.39, 0.29) is 23.4 Å². The van der Waals surface area contributed by atoms with E-state index in [9.17, 15) is 13.2 Å². The summed E-state index contributed by atoms with van der Waals surface area (Å²) in [5.41, 5.74) is 2.62. The first kappa shape index (κ1) is 19.6. The molecule has 1 amide bonds. The summed E-state index contributed by atoms with van der Waals surface area (Å²) in [5, 5.41) is 20.1. The number of sulfonamides is 1. The number of aryl methyl sites for hydroxylation is 1. The van der Waals surface area contributed by atoms with Crippen LogP contribution in [0.25, 0.3) is 11.4 Å². The topological polar surface area (TPSA) is 133 Å². The Hall–Kier alpha value is -3.11. The van der Waals surface area contributed by atoms with E-state index in [1.807, 2.05) is 31.2 Å². The van der Waals surface area contributed by atoms with Crippen molar-refractivity contribution >= 4 is 15.9 Å². The summed E-state index contributed by atoms with van der Waals surface area (Å²) < 4.78 is 22.6. The minimum Gasteiger partial charge on any atom is -0.348 e. The van der Waals surface area contributed by atoms with Crippen molar-refractivity contribution in [2.75, 3.05) is 0 Å². The molecule has 3 N–H and O–H groups in total. The molecule has 3 aromatic rings. The lowest BCUT2D eigenvalue weighted by Gasteiger charge is -2.14. The van der Waals surface area contributed by atoms with Crippen LogP contribution in [0.2, 0.25) is 0 Å². The molecule has 0 spiro atoms. The summed E-state index contributed by atoms with van der Waals surface area (Å²) in [7, 11) is -3.75. The second-order valence-corrected chi connectivity index (χ2v) is 7.92. The van der Waals surface area contributed by atoms with Crippen LogP contribution < -0.4 is 10.5 Å². The van der Waals surface area contributed by atoms with Gasteiger partial charge in [0.25, 0.3) is 0 Å². The van der Waals surface area contributed by atoms with Crippen molar-refractivity contribution in [1.82, 2.24) is 25.5 Å².